The number of non-ortho nitro benzene ring substituents is 1. The smallest absolute Gasteiger partial charge is 0.456 e. The minimum atomic E-state index is -4.26. The van der Waals surface area contributed by atoms with Crippen LogP contribution in [0.2, 0.25) is 0 Å². The van der Waals surface area contributed by atoms with Crippen molar-refractivity contribution >= 4 is 50.7 Å². The molecule has 2 heterocycles. The number of thioether (sulfide) groups is 1. The van der Waals surface area contributed by atoms with Gasteiger partial charge in [0, 0.05) is 12.1 Å². The quantitative estimate of drug-likeness (QED) is 0.126. The summed E-state index contributed by atoms with van der Waals surface area (Å²) in [6, 6.07) is 13.8. The highest BCUT2D eigenvalue weighted by Gasteiger charge is 2.59. The van der Waals surface area contributed by atoms with E-state index in [0.29, 0.717) is 29.1 Å². The first-order valence-electron chi connectivity index (χ1n) is 11.8. The minimum absolute atomic E-state index is 0.139. The third-order valence-corrected chi connectivity index (χ3v) is 7.50. The Hall–Kier alpha value is -4.44. The largest absolute Gasteiger partial charge is 0.508 e. The molecular weight excluding hydrogens is 584 g/mol. The van der Waals surface area contributed by atoms with E-state index in [9.17, 15) is 37.7 Å². The van der Waals surface area contributed by atoms with E-state index in [4.69, 9.17) is 18.4 Å². The van der Waals surface area contributed by atoms with Crippen LogP contribution in [0.25, 0.3) is 0 Å². The highest BCUT2D eigenvalue weighted by atomic mass is 32.2. The second kappa shape index (κ2) is 12.0. The fourth-order valence-electron chi connectivity index (χ4n) is 3.97. The van der Waals surface area contributed by atoms with Crippen molar-refractivity contribution in [3.63, 3.8) is 0 Å². The number of hydrogen-bond donors (Lipinski definition) is 0. The fraction of sp³-hybridized carbons (Fsp3) is 0.280. The zero-order valence-electron chi connectivity index (χ0n) is 21.5. The van der Waals surface area contributed by atoms with Gasteiger partial charge in [-0.25, -0.2) is 9.59 Å². The summed E-state index contributed by atoms with van der Waals surface area (Å²) in [5, 5.41) is 8.79. The standard InChI is InChI=1S/C25H22N2O12S2/c1-14(38-25(31)37-13-16-8-10-17(11-9-16)27(32)33)18-21(28)26-19(23(29)36-12-15-6-4-3-5-7-15)20(39-41(2,34)35)24(30)40-22(18)26/h3-11,14,18,22H,12-13H2,1-2H3/t14-,18+,22+/m1/s1. The van der Waals surface area contributed by atoms with Gasteiger partial charge in [0.15, 0.2) is 5.70 Å². The number of carbonyl (C=O) groups is 4. The first-order valence-corrected chi connectivity index (χ1v) is 14.5. The van der Waals surface area contributed by atoms with Gasteiger partial charge in [0.05, 0.1) is 11.2 Å². The van der Waals surface area contributed by atoms with Gasteiger partial charge in [-0.05, 0) is 30.2 Å². The van der Waals surface area contributed by atoms with Gasteiger partial charge in [-0.2, -0.15) is 8.42 Å². The molecule has 4 rings (SSSR count). The summed E-state index contributed by atoms with van der Waals surface area (Å²) >= 11 is 0.526. The van der Waals surface area contributed by atoms with Crippen molar-refractivity contribution in [2.45, 2.75) is 31.6 Å². The first kappa shape index (κ1) is 29.5. The molecule has 3 atom stereocenters. The molecule has 0 bridgehead atoms. The molecule has 14 nitrogen and oxygen atoms in total. The van der Waals surface area contributed by atoms with Crippen molar-refractivity contribution in [2.24, 2.45) is 5.92 Å². The number of hydrogen-bond acceptors (Lipinski definition) is 13. The minimum Gasteiger partial charge on any atom is -0.456 e. The number of esters is 1. The van der Waals surface area contributed by atoms with Crippen molar-refractivity contribution in [3.8, 4) is 0 Å². The molecule has 2 aliphatic heterocycles. The van der Waals surface area contributed by atoms with Crippen LogP contribution in [-0.4, -0.2) is 59.1 Å². The van der Waals surface area contributed by atoms with Gasteiger partial charge in [-0.1, -0.05) is 42.1 Å². The maximum absolute atomic E-state index is 13.2. The third-order valence-electron chi connectivity index (χ3n) is 5.89. The van der Waals surface area contributed by atoms with E-state index >= 15 is 0 Å². The highest BCUT2D eigenvalue weighted by molar-refractivity contribution is 8.14. The van der Waals surface area contributed by atoms with Gasteiger partial charge in [0.25, 0.3) is 10.8 Å². The number of nitro benzene ring substituents is 1. The van der Waals surface area contributed by atoms with Gasteiger partial charge in [-0.3, -0.25) is 24.6 Å². The molecule has 0 N–H and O–H groups in total. The Morgan fingerprint density at radius 1 is 1.02 bits per heavy atom. The molecule has 0 saturated carbocycles. The summed E-state index contributed by atoms with van der Waals surface area (Å²) in [5.41, 5.74) is 0.234. The van der Waals surface area contributed by atoms with Crippen molar-refractivity contribution in [1.29, 1.82) is 0 Å². The van der Waals surface area contributed by atoms with Crippen LogP contribution in [0.15, 0.2) is 66.1 Å². The number of nitrogens with zero attached hydrogens (tertiary/aromatic N) is 2. The van der Waals surface area contributed by atoms with Gasteiger partial charge in [0.2, 0.25) is 11.7 Å². The van der Waals surface area contributed by atoms with Crippen LogP contribution in [0.1, 0.15) is 18.1 Å². The van der Waals surface area contributed by atoms with Gasteiger partial charge in [0.1, 0.15) is 30.6 Å². The molecular formula is C25H22N2O12S2. The number of nitro groups is 1. The summed E-state index contributed by atoms with van der Waals surface area (Å²) < 4.78 is 43.9. The van der Waals surface area contributed by atoms with Crippen LogP contribution in [0.4, 0.5) is 10.5 Å². The number of ether oxygens (including phenoxy) is 3. The average molecular weight is 607 g/mol. The van der Waals surface area contributed by atoms with Crippen LogP contribution < -0.4 is 0 Å². The summed E-state index contributed by atoms with van der Waals surface area (Å²) in [4.78, 5) is 62.4. The lowest BCUT2D eigenvalue weighted by Gasteiger charge is -2.49. The van der Waals surface area contributed by atoms with E-state index in [1.807, 2.05) is 0 Å². The number of fused-ring (bicyclic) bond motifs is 1. The molecule has 2 aromatic carbocycles. The van der Waals surface area contributed by atoms with Crippen molar-refractivity contribution in [1.82, 2.24) is 4.90 Å². The normalized spacial score (nSPS) is 19.0. The van der Waals surface area contributed by atoms with Crippen molar-refractivity contribution in [3.05, 3.63) is 87.3 Å². The highest BCUT2D eigenvalue weighted by Crippen LogP contribution is 2.47. The maximum Gasteiger partial charge on any atom is 0.508 e. The number of carbonyl (C=O) groups excluding carboxylic acids is 4. The second-order valence-corrected chi connectivity index (χ2v) is 11.5. The molecule has 216 valence electrons. The Bertz CT molecular complexity index is 1520. The molecule has 0 unspecified atom stereocenters. The number of β-lactam (4-membered cyclic amide) rings is 1. The molecule has 1 fully saturated rings. The first-order chi connectivity index (χ1) is 19.4. The van der Waals surface area contributed by atoms with E-state index in [1.165, 1.54) is 31.2 Å². The lowest BCUT2D eigenvalue weighted by atomic mass is 9.91. The molecule has 0 aromatic heterocycles. The third kappa shape index (κ3) is 6.83. The Morgan fingerprint density at radius 3 is 2.24 bits per heavy atom. The van der Waals surface area contributed by atoms with Crippen LogP contribution in [0, 0.1) is 16.0 Å². The van der Waals surface area contributed by atoms with E-state index in [2.05, 4.69) is 0 Å². The van der Waals surface area contributed by atoms with Crippen LogP contribution in [-0.2, 0) is 56.1 Å². The zero-order valence-corrected chi connectivity index (χ0v) is 23.1. The summed E-state index contributed by atoms with van der Waals surface area (Å²) in [7, 11) is -4.26. The molecule has 1 amide bonds. The molecule has 0 spiro atoms. The van der Waals surface area contributed by atoms with E-state index in [-0.39, 0.29) is 18.9 Å². The molecule has 2 aliphatic rings. The Morgan fingerprint density at radius 2 is 1.63 bits per heavy atom. The van der Waals surface area contributed by atoms with Gasteiger partial charge < -0.3 is 18.4 Å². The molecule has 0 aliphatic carbocycles. The Kier molecular flexibility index (Phi) is 8.63. The van der Waals surface area contributed by atoms with Gasteiger partial charge >= 0.3 is 22.2 Å². The van der Waals surface area contributed by atoms with E-state index in [0.717, 1.165) is 4.90 Å². The Balaban J connectivity index is 1.45. The zero-order chi connectivity index (χ0) is 29.9. The summed E-state index contributed by atoms with van der Waals surface area (Å²) in [6.45, 7) is 0.891. The molecule has 16 heteroatoms. The fourth-order valence-corrected chi connectivity index (χ4v) is 5.75. The lowest BCUT2D eigenvalue weighted by Crippen LogP contribution is -2.65. The topological polar surface area (TPSA) is 186 Å². The van der Waals surface area contributed by atoms with Crippen molar-refractivity contribution < 1.29 is 50.9 Å². The second-order valence-electron chi connectivity index (χ2n) is 8.84. The van der Waals surface area contributed by atoms with E-state index in [1.54, 1.807) is 30.3 Å². The van der Waals surface area contributed by atoms with E-state index < -0.39 is 67.0 Å². The monoisotopic (exact) mass is 606 g/mol. The summed E-state index contributed by atoms with van der Waals surface area (Å²) in [5.74, 6) is -3.86. The molecule has 41 heavy (non-hydrogen) atoms. The Labute approximate surface area is 237 Å². The maximum atomic E-state index is 13.2. The lowest BCUT2D eigenvalue weighted by molar-refractivity contribution is -0.384. The molecule has 1 saturated heterocycles. The van der Waals surface area contributed by atoms with Crippen LogP contribution in [0.3, 0.4) is 0 Å². The molecule has 0 radical (unpaired) electrons. The van der Waals surface area contributed by atoms with Crippen molar-refractivity contribution in [2.75, 3.05) is 6.26 Å². The SMILES string of the molecule is C[C@@H](OC(=O)OCc1ccc([N+](=O)[O-])cc1)[C@H]1C(=O)N2C(C(=O)OCc3ccccc3)=C(OS(C)(=O)=O)C(=O)S[C@@H]12. The van der Waals surface area contributed by atoms with Crippen LogP contribution in [0.5, 0.6) is 0 Å². The number of benzene rings is 2. The molecule has 2 aromatic rings. The number of rotatable bonds is 10. The predicted molar refractivity (Wildman–Crippen MR) is 140 cm³/mol. The number of amides is 1. The summed E-state index contributed by atoms with van der Waals surface area (Å²) in [6.07, 6.45) is -1.59. The van der Waals surface area contributed by atoms with Crippen LogP contribution >= 0.6 is 11.8 Å². The predicted octanol–water partition coefficient (Wildman–Crippen LogP) is 2.63. The van der Waals surface area contributed by atoms with Gasteiger partial charge in [-0.15, -0.1) is 0 Å². The average Bonchev–Trinajstić information content (AvgIpc) is 2.91.